The summed E-state index contributed by atoms with van der Waals surface area (Å²) < 4.78 is 34.7. The third kappa shape index (κ3) is 25.5. The highest BCUT2D eigenvalue weighted by Gasteiger charge is 2.49. The molecule has 1 aliphatic carbocycles. The fraction of sp³-hybridized carbons (Fsp3) is 0.667. The molecule has 1 fully saturated rings. The number of aliphatic hydroxyl groups excluding tert-OH is 7. The fourth-order valence-electron chi connectivity index (χ4n) is 7.55. The molecule has 1 unspecified atom stereocenters. The van der Waals surface area contributed by atoms with E-state index >= 15 is 0 Å². The third-order valence-corrected chi connectivity index (χ3v) is 12.6. The molecule has 0 spiro atoms. The van der Waals surface area contributed by atoms with Crippen molar-refractivity contribution in [2.45, 2.75) is 191 Å². The number of ether oxygens (including phenoxy) is 2. The van der Waals surface area contributed by atoms with Crippen LogP contribution in [0.15, 0.2) is 85.1 Å². The molecule has 386 valence electrons. The molecule has 0 radical (unpaired) electrons. The fourth-order valence-corrected chi connectivity index (χ4v) is 8.52. The number of carbonyl (C=O) groups excluding carboxylic acids is 3. The maximum atomic E-state index is 13.6. The van der Waals surface area contributed by atoms with Crippen molar-refractivity contribution in [3.05, 3.63) is 85.1 Å². The van der Waals surface area contributed by atoms with Crippen molar-refractivity contribution < 1.29 is 78.1 Å². The smallest absolute Gasteiger partial charge is 0.462 e. The Hall–Kier alpha value is -3.38. The first-order chi connectivity index (χ1) is 32.6. The largest absolute Gasteiger partial charge is 0.472 e. The van der Waals surface area contributed by atoms with Crippen LogP contribution in [0.5, 0.6) is 0 Å². The highest BCUT2D eigenvalue weighted by atomic mass is 31.2. The second-order valence-corrected chi connectivity index (χ2v) is 18.8. The lowest BCUT2D eigenvalue weighted by Crippen LogP contribution is -2.55. The Labute approximate surface area is 403 Å². The average molecular weight is 981 g/mol. The molecular formula is C51H81O16P. The van der Waals surface area contributed by atoms with Crippen LogP contribution >= 0.6 is 7.82 Å². The van der Waals surface area contributed by atoms with Crippen molar-refractivity contribution in [2.75, 3.05) is 13.2 Å². The maximum Gasteiger partial charge on any atom is 0.472 e. The molecule has 0 aromatic carbocycles. The summed E-state index contributed by atoms with van der Waals surface area (Å²) in [5.74, 6) is -5.16. The summed E-state index contributed by atoms with van der Waals surface area (Å²) in [7, 11) is -5.48. The molecule has 8 N–H and O–H groups in total. The van der Waals surface area contributed by atoms with Gasteiger partial charge in [-0.1, -0.05) is 125 Å². The van der Waals surface area contributed by atoms with Crippen molar-refractivity contribution in [1.29, 1.82) is 0 Å². The van der Waals surface area contributed by atoms with Crippen molar-refractivity contribution in [1.82, 2.24) is 0 Å². The molecule has 0 aromatic rings. The number of fused-ring (bicyclic) bond motifs is 4. The van der Waals surface area contributed by atoms with Gasteiger partial charge in [0.05, 0.1) is 31.0 Å². The Balaban J connectivity index is 2.14. The van der Waals surface area contributed by atoms with E-state index in [0.29, 0.717) is 32.1 Å². The number of allylic oxidation sites excluding steroid dienone is 12. The number of Topliss-reactive ketones (excluding diaryl/α,β-unsaturated/α-hetero) is 1. The average Bonchev–Trinajstić information content (AvgIpc) is 3.31. The van der Waals surface area contributed by atoms with E-state index in [-0.39, 0.29) is 25.7 Å². The molecule has 2 rings (SSSR count). The molecule has 1 saturated carbocycles. The SMILES string of the molecule is CC/C=C\C/C=C\C/C=C\C/C=C\C/C=C\CCCCCC(=O)O[C@@H]1COC(=O)CCC/C=C\C[C@H]2C(=O)C[C@@H](O)[C@H](/C=C/[C@@H](O)CCCCC)[C@@H](O)[C@@H](O)[C@@H](OP(=O)(O)OC1)[C@H](O)[C@@H](O)[C@@H]2O. The van der Waals surface area contributed by atoms with Crippen LogP contribution in [-0.2, 0) is 37.5 Å². The van der Waals surface area contributed by atoms with Crippen LogP contribution in [0, 0.1) is 11.8 Å². The topological polar surface area (TPSA) is 267 Å². The zero-order chi connectivity index (χ0) is 50.2. The Morgan fingerprint density at radius 1 is 0.779 bits per heavy atom. The zero-order valence-electron chi connectivity index (χ0n) is 40.1. The van der Waals surface area contributed by atoms with Crippen LogP contribution in [0.3, 0.4) is 0 Å². The summed E-state index contributed by atoms with van der Waals surface area (Å²) in [6.07, 6.45) is 18.6. The zero-order valence-corrected chi connectivity index (χ0v) is 41.0. The van der Waals surface area contributed by atoms with Crippen molar-refractivity contribution in [3.8, 4) is 0 Å². The molecule has 17 heteroatoms. The maximum absolute atomic E-state index is 13.6. The van der Waals surface area contributed by atoms with E-state index in [1.54, 1.807) is 6.08 Å². The summed E-state index contributed by atoms with van der Waals surface area (Å²) in [5, 5.41) is 78.6. The Morgan fingerprint density at radius 2 is 1.41 bits per heavy atom. The molecule has 1 heterocycles. The van der Waals surface area contributed by atoms with Gasteiger partial charge in [0.25, 0.3) is 0 Å². The summed E-state index contributed by atoms with van der Waals surface area (Å²) >= 11 is 0. The number of phosphoric ester groups is 1. The highest BCUT2D eigenvalue weighted by molar-refractivity contribution is 7.47. The summed E-state index contributed by atoms with van der Waals surface area (Å²) in [4.78, 5) is 50.1. The van der Waals surface area contributed by atoms with Crippen LogP contribution in [0.25, 0.3) is 0 Å². The Morgan fingerprint density at radius 3 is 2.06 bits per heavy atom. The molecule has 1 aliphatic heterocycles. The number of aliphatic hydroxyl groups is 7. The van der Waals surface area contributed by atoms with E-state index in [9.17, 15) is 59.6 Å². The first kappa shape index (κ1) is 60.7. The van der Waals surface area contributed by atoms with Crippen molar-refractivity contribution in [2.24, 2.45) is 11.8 Å². The number of carbonyl (C=O) groups is 3. The van der Waals surface area contributed by atoms with Gasteiger partial charge in [-0.3, -0.25) is 23.4 Å². The molecule has 0 amide bonds. The standard InChI is InChI=1S/C51H81O16P/c1-3-5-7-8-9-10-11-12-13-14-15-16-17-18-19-20-21-22-28-32-45(56)66-39-36-64-44(55)31-27-24-23-26-30-40-42(53)35-43(54)41(34-33-38(52)29-25-6-4-2)47(58)49(60)51(50(61)48(59)46(40)57)67-68(62,63)65-37-39/h5,7,9-10,12-13,15-16,18-19,23,26,33-34,38-41,43,46-52,54,57-61H,3-4,6,8,11,14,17,20-22,24-25,27-32,35-37H2,1-2H3,(H,62,63)/b7-5-,10-9-,13-12-,16-15-,19-18-,26-23-,34-33+/t38-,39+,40-,41-,43+,46+,47+,48-,49+,50+,51+/m0/s1. The van der Waals surface area contributed by atoms with Gasteiger partial charge in [-0.25, -0.2) is 4.57 Å². The highest BCUT2D eigenvalue weighted by Crippen LogP contribution is 2.47. The van der Waals surface area contributed by atoms with Crippen LogP contribution in [0.4, 0.5) is 0 Å². The number of hydrogen-bond acceptors (Lipinski definition) is 15. The minimum atomic E-state index is -5.48. The summed E-state index contributed by atoms with van der Waals surface area (Å²) in [6.45, 7) is 2.65. The van der Waals surface area contributed by atoms with E-state index in [0.717, 1.165) is 57.8 Å². The number of ketones is 1. The van der Waals surface area contributed by atoms with Gasteiger partial charge in [-0.15, -0.1) is 0 Å². The number of unbranched alkanes of at least 4 members (excludes halogenated alkanes) is 5. The monoisotopic (exact) mass is 981 g/mol. The number of phosphoric acid groups is 1. The Bertz CT molecular complexity index is 1690. The minimum absolute atomic E-state index is 0.0188. The van der Waals surface area contributed by atoms with Crippen molar-refractivity contribution >= 4 is 25.5 Å². The van der Waals surface area contributed by atoms with Gasteiger partial charge >= 0.3 is 19.8 Å². The van der Waals surface area contributed by atoms with Gasteiger partial charge in [0.2, 0.25) is 0 Å². The van der Waals surface area contributed by atoms with E-state index in [1.807, 2.05) is 6.92 Å². The molecule has 0 aromatic heterocycles. The van der Waals surface area contributed by atoms with Crippen molar-refractivity contribution in [3.63, 3.8) is 0 Å². The number of hydrogen-bond donors (Lipinski definition) is 8. The van der Waals surface area contributed by atoms with Crippen LogP contribution in [0.2, 0.25) is 0 Å². The van der Waals surface area contributed by atoms with E-state index in [2.05, 4.69) is 67.7 Å². The van der Waals surface area contributed by atoms with E-state index in [4.69, 9.17) is 18.5 Å². The first-order valence-electron chi connectivity index (χ1n) is 24.5. The predicted molar refractivity (Wildman–Crippen MR) is 259 cm³/mol. The molecule has 2 aliphatic rings. The summed E-state index contributed by atoms with van der Waals surface area (Å²) in [6, 6.07) is 0. The molecule has 2 bridgehead atoms. The van der Waals surface area contributed by atoms with Gasteiger partial charge in [-0.05, 0) is 77.0 Å². The van der Waals surface area contributed by atoms with Gasteiger partial charge in [0.1, 0.15) is 36.8 Å². The quantitative estimate of drug-likeness (QED) is 0.0244. The number of cyclic esters (lactones) is 1. The number of esters is 2. The second kappa shape index (κ2) is 35.7. The van der Waals surface area contributed by atoms with E-state index in [1.165, 1.54) is 18.2 Å². The third-order valence-electron chi connectivity index (χ3n) is 11.6. The minimum Gasteiger partial charge on any atom is -0.462 e. The lowest BCUT2D eigenvalue weighted by atomic mass is 9.84. The molecule has 0 saturated heterocycles. The molecular weight excluding hydrogens is 900 g/mol. The summed E-state index contributed by atoms with van der Waals surface area (Å²) in [5.41, 5.74) is 0. The predicted octanol–water partition coefficient (Wildman–Crippen LogP) is 6.64. The lowest BCUT2D eigenvalue weighted by molar-refractivity contribution is -0.166. The van der Waals surface area contributed by atoms with Gasteiger partial charge < -0.3 is 50.1 Å². The van der Waals surface area contributed by atoms with Gasteiger partial charge in [-0.2, -0.15) is 0 Å². The number of rotatable bonds is 22. The second-order valence-electron chi connectivity index (χ2n) is 17.4. The molecule has 16 nitrogen and oxygen atoms in total. The lowest BCUT2D eigenvalue weighted by Gasteiger charge is -2.36. The van der Waals surface area contributed by atoms with Gasteiger partial charge in [0, 0.05) is 31.1 Å². The van der Waals surface area contributed by atoms with Crippen LogP contribution in [-0.4, -0.2) is 127 Å². The first-order valence-corrected chi connectivity index (χ1v) is 26.0. The molecule has 68 heavy (non-hydrogen) atoms. The Kier molecular flexibility index (Phi) is 31.9. The normalized spacial score (nSPS) is 31.1. The van der Waals surface area contributed by atoms with Crippen LogP contribution < -0.4 is 0 Å². The van der Waals surface area contributed by atoms with Crippen LogP contribution in [0.1, 0.15) is 136 Å². The van der Waals surface area contributed by atoms with E-state index < -0.39 is 112 Å². The molecule has 12 atom stereocenters. The van der Waals surface area contributed by atoms with Gasteiger partial charge in [0.15, 0.2) is 6.10 Å².